The zero-order valence-electron chi connectivity index (χ0n) is 14.6. The van der Waals surface area contributed by atoms with Crippen LogP contribution in [0.4, 0.5) is 0 Å². The summed E-state index contributed by atoms with van der Waals surface area (Å²) < 4.78 is 2.26. The Balaban J connectivity index is 1.43. The van der Waals surface area contributed by atoms with Gasteiger partial charge in [0, 0.05) is 49.7 Å². The van der Waals surface area contributed by atoms with Gasteiger partial charge in [-0.25, -0.2) is 4.98 Å². The van der Waals surface area contributed by atoms with Gasteiger partial charge in [0.05, 0.1) is 5.52 Å². The smallest absolute Gasteiger partial charge is 0.117 e. The van der Waals surface area contributed by atoms with Crippen molar-refractivity contribution in [2.24, 2.45) is 5.92 Å². The molecule has 0 saturated carbocycles. The SMILES string of the molecule is Cc1nccn1C[C@@H]1CCCN(Cc2cnc3cc(O)ccc3c2)C1. The third-order valence-corrected chi connectivity index (χ3v) is 5.11. The molecule has 1 N–H and O–H groups in total. The average Bonchev–Trinajstić information content (AvgIpc) is 3.00. The summed E-state index contributed by atoms with van der Waals surface area (Å²) in [5.74, 6) is 2.03. The minimum absolute atomic E-state index is 0.265. The Kier molecular flexibility index (Phi) is 4.40. The van der Waals surface area contributed by atoms with Crippen LogP contribution >= 0.6 is 0 Å². The van der Waals surface area contributed by atoms with Gasteiger partial charge < -0.3 is 9.67 Å². The third-order valence-electron chi connectivity index (χ3n) is 5.11. The molecule has 4 rings (SSSR count). The first kappa shape index (κ1) is 16.1. The van der Waals surface area contributed by atoms with E-state index >= 15 is 0 Å². The molecular weight excluding hydrogens is 312 g/mol. The molecule has 1 saturated heterocycles. The van der Waals surface area contributed by atoms with E-state index in [1.54, 1.807) is 12.1 Å². The maximum absolute atomic E-state index is 9.56. The van der Waals surface area contributed by atoms with Crippen molar-refractivity contribution in [2.45, 2.75) is 32.9 Å². The van der Waals surface area contributed by atoms with Crippen LogP contribution in [0.2, 0.25) is 0 Å². The van der Waals surface area contributed by atoms with Gasteiger partial charge in [-0.15, -0.1) is 0 Å². The molecule has 0 aliphatic carbocycles. The molecule has 1 aliphatic heterocycles. The molecule has 0 unspecified atom stereocenters. The van der Waals surface area contributed by atoms with Crippen LogP contribution in [0.3, 0.4) is 0 Å². The van der Waals surface area contributed by atoms with E-state index in [4.69, 9.17) is 0 Å². The second kappa shape index (κ2) is 6.84. The number of benzene rings is 1. The van der Waals surface area contributed by atoms with Crippen molar-refractivity contribution >= 4 is 10.9 Å². The largest absolute Gasteiger partial charge is 0.508 e. The number of phenols is 1. The summed E-state index contributed by atoms with van der Waals surface area (Å²) in [6, 6.07) is 7.55. The lowest BCUT2D eigenvalue weighted by Gasteiger charge is -2.33. The lowest BCUT2D eigenvalue weighted by molar-refractivity contribution is 0.155. The summed E-state index contributed by atoms with van der Waals surface area (Å²) in [6.07, 6.45) is 8.42. The topological polar surface area (TPSA) is 54.2 Å². The number of hydrogen-bond acceptors (Lipinski definition) is 4. The van der Waals surface area contributed by atoms with Crippen LogP contribution in [0.5, 0.6) is 5.75 Å². The van der Waals surface area contributed by atoms with Gasteiger partial charge in [0.25, 0.3) is 0 Å². The van der Waals surface area contributed by atoms with E-state index in [9.17, 15) is 5.11 Å². The Bertz CT molecular complexity index is 873. The number of likely N-dealkylation sites (tertiary alicyclic amines) is 1. The molecule has 0 spiro atoms. The molecule has 1 fully saturated rings. The Hall–Kier alpha value is -2.40. The van der Waals surface area contributed by atoms with Gasteiger partial charge in [0.2, 0.25) is 0 Å². The van der Waals surface area contributed by atoms with Crippen LogP contribution < -0.4 is 0 Å². The van der Waals surface area contributed by atoms with Gasteiger partial charge in [-0.1, -0.05) is 0 Å². The normalized spacial score (nSPS) is 18.7. The van der Waals surface area contributed by atoms with Crippen molar-refractivity contribution in [3.63, 3.8) is 0 Å². The van der Waals surface area contributed by atoms with Crippen LogP contribution in [0.25, 0.3) is 10.9 Å². The number of fused-ring (bicyclic) bond motifs is 1. The van der Waals surface area contributed by atoms with Crippen molar-refractivity contribution in [1.29, 1.82) is 0 Å². The highest BCUT2D eigenvalue weighted by molar-refractivity contribution is 5.80. The summed E-state index contributed by atoms with van der Waals surface area (Å²) in [7, 11) is 0. The highest BCUT2D eigenvalue weighted by Gasteiger charge is 2.21. The van der Waals surface area contributed by atoms with E-state index in [1.807, 2.05) is 18.5 Å². The fourth-order valence-electron chi connectivity index (χ4n) is 3.82. The number of aromatic nitrogens is 3. The molecule has 5 nitrogen and oxygen atoms in total. The van der Waals surface area contributed by atoms with E-state index in [1.165, 1.54) is 18.4 Å². The molecule has 1 aromatic carbocycles. The summed E-state index contributed by atoms with van der Waals surface area (Å²) in [6.45, 7) is 6.32. The molecule has 0 radical (unpaired) electrons. The molecule has 2 aromatic heterocycles. The molecule has 3 heterocycles. The Morgan fingerprint density at radius 2 is 2.16 bits per heavy atom. The summed E-state index contributed by atoms with van der Waals surface area (Å²) >= 11 is 0. The van der Waals surface area contributed by atoms with E-state index in [0.717, 1.165) is 42.9 Å². The molecule has 25 heavy (non-hydrogen) atoms. The first-order chi connectivity index (χ1) is 12.2. The van der Waals surface area contributed by atoms with E-state index in [0.29, 0.717) is 5.92 Å². The van der Waals surface area contributed by atoms with Crippen molar-refractivity contribution < 1.29 is 5.11 Å². The second-order valence-corrected chi connectivity index (χ2v) is 7.09. The zero-order valence-corrected chi connectivity index (χ0v) is 14.6. The minimum Gasteiger partial charge on any atom is -0.508 e. The summed E-state index contributed by atoms with van der Waals surface area (Å²) in [4.78, 5) is 11.4. The molecule has 130 valence electrons. The third kappa shape index (κ3) is 3.66. The van der Waals surface area contributed by atoms with Crippen LogP contribution in [0.15, 0.2) is 42.9 Å². The summed E-state index contributed by atoms with van der Waals surface area (Å²) in [5.41, 5.74) is 2.08. The van der Waals surface area contributed by atoms with Crippen LogP contribution in [0.1, 0.15) is 24.2 Å². The first-order valence-corrected chi connectivity index (χ1v) is 8.95. The number of piperidine rings is 1. The molecular formula is C20H24N4O. The fraction of sp³-hybridized carbons (Fsp3) is 0.400. The number of phenolic OH excluding ortho intramolecular Hbond substituents is 1. The summed E-state index contributed by atoms with van der Waals surface area (Å²) in [5, 5.41) is 10.6. The van der Waals surface area contributed by atoms with Crippen molar-refractivity contribution in [1.82, 2.24) is 19.4 Å². The monoisotopic (exact) mass is 336 g/mol. The lowest BCUT2D eigenvalue weighted by atomic mass is 9.97. The maximum atomic E-state index is 9.56. The quantitative estimate of drug-likeness (QED) is 0.794. The van der Waals surface area contributed by atoms with Crippen molar-refractivity contribution in [3.05, 3.63) is 54.2 Å². The number of aryl methyl sites for hydroxylation is 1. The van der Waals surface area contributed by atoms with Crippen LogP contribution in [-0.2, 0) is 13.1 Å². The zero-order chi connectivity index (χ0) is 17.2. The van der Waals surface area contributed by atoms with E-state index in [-0.39, 0.29) is 5.75 Å². The molecule has 1 aliphatic rings. The average molecular weight is 336 g/mol. The predicted octanol–water partition coefficient (Wildman–Crippen LogP) is 3.36. The van der Waals surface area contributed by atoms with Crippen molar-refractivity contribution in [2.75, 3.05) is 13.1 Å². The van der Waals surface area contributed by atoms with Gasteiger partial charge in [-0.2, -0.15) is 0 Å². The lowest BCUT2D eigenvalue weighted by Crippen LogP contribution is -2.36. The highest BCUT2D eigenvalue weighted by Crippen LogP contribution is 2.23. The number of imidazole rings is 1. The molecule has 0 amide bonds. The van der Waals surface area contributed by atoms with Crippen LogP contribution in [0, 0.1) is 12.8 Å². The number of pyridine rings is 1. The number of aromatic hydroxyl groups is 1. The number of nitrogens with zero attached hydrogens (tertiary/aromatic N) is 4. The highest BCUT2D eigenvalue weighted by atomic mass is 16.3. The van der Waals surface area contributed by atoms with Crippen LogP contribution in [-0.4, -0.2) is 37.6 Å². The van der Waals surface area contributed by atoms with Gasteiger partial charge in [0.15, 0.2) is 0 Å². The number of hydrogen-bond donors (Lipinski definition) is 1. The Morgan fingerprint density at radius 1 is 1.24 bits per heavy atom. The molecule has 1 atom stereocenters. The molecule has 3 aromatic rings. The Labute approximate surface area is 147 Å². The van der Waals surface area contributed by atoms with Gasteiger partial charge in [-0.3, -0.25) is 9.88 Å². The molecule has 0 bridgehead atoms. The molecule has 5 heteroatoms. The standard InChI is InChI=1S/C20H24N4O/c1-15-21-6-8-24(15)14-16-3-2-7-23(12-16)13-17-9-18-4-5-19(25)10-20(18)22-11-17/h4-6,8-11,16,25H,2-3,7,12-14H2,1H3/t16-/m1/s1. The van der Waals surface area contributed by atoms with Gasteiger partial charge in [-0.05, 0) is 56.0 Å². The van der Waals surface area contributed by atoms with E-state index < -0.39 is 0 Å². The Morgan fingerprint density at radius 3 is 3.00 bits per heavy atom. The van der Waals surface area contributed by atoms with Gasteiger partial charge >= 0.3 is 0 Å². The first-order valence-electron chi connectivity index (χ1n) is 8.95. The predicted molar refractivity (Wildman–Crippen MR) is 98.4 cm³/mol. The van der Waals surface area contributed by atoms with E-state index in [2.05, 4.69) is 38.6 Å². The fourth-order valence-corrected chi connectivity index (χ4v) is 3.82. The van der Waals surface area contributed by atoms with Gasteiger partial charge in [0.1, 0.15) is 11.6 Å². The maximum Gasteiger partial charge on any atom is 0.117 e. The minimum atomic E-state index is 0.265. The number of rotatable bonds is 4. The van der Waals surface area contributed by atoms with Crippen molar-refractivity contribution in [3.8, 4) is 5.75 Å². The second-order valence-electron chi connectivity index (χ2n) is 7.09.